The Labute approximate surface area is 224 Å². The summed E-state index contributed by atoms with van der Waals surface area (Å²) in [4.78, 5) is 32.9. The van der Waals surface area contributed by atoms with Crippen LogP contribution in [0.25, 0.3) is 0 Å². The van der Waals surface area contributed by atoms with E-state index >= 15 is 0 Å². The first-order valence-corrected chi connectivity index (χ1v) is 13.4. The number of benzene rings is 3. The zero-order valence-corrected chi connectivity index (χ0v) is 22.1. The number of ether oxygens (including phenoxy) is 1. The first-order chi connectivity index (χ1) is 18.3. The standard InChI is InChI=1S/C32H34N2O4/c1-4-28(23-13-15-24(16-14-23)31(36)37)34-30(35)29(33-32(34)19-21(2)17-22(3)20-32)25-9-8-12-27(18-25)38-26-10-6-5-7-11-26/h5-16,18,21-22,28H,4,17,19-20H2,1-3H3,(H,36,37)/t21?,22?,28-,32?/m1/s1. The van der Waals surface area contributed by atoms with Gasteiger partial charge in [-0.15, -0.1) is 0 Å². The van der Waals surface area contributed by atoms with Crippen molar-refractivity contribution in [2.75, 3.05) is 0 Å². The summed E-state index contributed by atoms with van der Waals surface area (Å²) in [5.41, 5.74) is 1.73. The van der Waals surface area contributed by atoms with Gasteiger partial charge in [-0.3, -0.25) is 9.79 Å². The van der Waals surface area contributed by atoms with Crippen LogP contribution in [0.1, 0.15) is 74.0 Å². The summed E-state index contributed by atoms with van der Waals surface area (Å²) < 4.78 is 6.05. The average molecular weight is 511 g/mol. The smallest absolute Gasteiger partial charge is 0.335 e. The lowest BCUT2D eigenvalue weighted by Gasteiger charge is -2.47. The monoisotopic (exact) mass is 510 g/mol. The molecule has 6 nitrogen and oxygen atoms in total. The molecule has 1 aliphatic heterocycles. The maximum Gasteiger partial charge on any atom is 0.335 e. The maximum absolute atomic E-state index is 14.3. The number of carboxylic acids is 1. The molecule has 1 fully saturated rings. The van der Waals surface area contributed by atoms with Gasteiger partial charge in [-0.25, -0.2) is 4.79 Å². The first-order valence-electron chi connectivity index (χ1n) is 13.4. The van der Waals surface area contributed by atoms with Crippen molar-refractivity contribution in [1.29, 1.82) is 0 Å². The second-order valence-electron chi connectivity index (χ2n) is 10.8. The highest BCUT2D eigenvalue weighted by atomic mass is 16.5. The molecule has 38 heavy (non-hydrogen) atoms. The van der Waals surface area contributed by atoms with Gasteiger partial charge < -0.3 is 14.7 Å². The minimum absolute atomic E-state index is 0.0858. The molecule has 1 N–H and O–H groups in total. The molecule has 0 radical (unpaired) electrons. The van der Waals surface area contributed by atoms with Gasteiger partial charge in [0.05, 0.1) is 11.6 Å². The molecule has 6 heteroatoms. The zero-order chi connectivity index (χ0) is 26.9. The number of aromatic carboxylic acids is 1. The number of aliphatic imine (C=N–C) groups is 1. The molecule has 196 valence electrons. The quantitative estimate of drug-likeness (QED) is 0.367. The predicted octanol–water partition coefficient (Wildman–Crippen LogP) is 7.11. The van der Waals surface area contributed by atoms with Gasteiger partial charge in [0.25, 0.3) is 5.91 Å². The predicted molar refractivity (Wildman–Crippen MR) is 148 cm³/mol. The molecule has 0 aromatic heterocycles. The van der Waals surface area contributed by atoms with Crippen molar-refractivity contribution in [3.05, 3.63) is 95.6 Å². The van der Waals surface area contributed by atoms with Crippen molar-refractivity contribution >= 4 is 17.6 Å². The van der Waals surface area contributed by atoms with E-state index in [1.165, 1.54) is 0 Å². The van der Waals surface area contributed by atoms with Gasteiger partial charge >= 0.3 is 5.97 Å². The highest BCUT2D eigenvalue weighted by Gasteiger charge is 2.52. The highest BCUT2D eigenvalue weighted by molar-refractivity contribution is 6.46. The van der Waals surface area contributed by atoms with Crippen LogP contribution in [0, 0.1) is 11.8 Å². The lowest BCUT2D eigenvalue weighted by molar-refractivity contribution is -0.134. The van der Waals surface area contributed by atoms with E-state index in [4.69, 9.17) is 9.73 Å². The first kappa shape index (κ1) is 25.7. The SMILES string of the molecule is CC[C@H](c1ccc(C(=O)O)cc1)N1C(=O)C(c2cccc(Oc3ccccc3)c2)=NC12CC(C)CC(C)C2. The number of amides is 1. The number of hydrogen-bond donors (Lipinski definition) is 1. The molecule has 1 aliphatic carbocycles. The molecular weight excluding hydrogens is 476 g/mol. The van der Waals surface area contributed by atoms with Crippen molar-refractivity contribution in [2.24, 2.45) is 16.8 Å². The minimum Gasteiger partial charge on any atom is -0.478 e. The Kier molecular flexibility index (Phi) is 7.06. The molecule has 3 atom stereocenters. The lowest BCUT2D eigenvalue weighted by atomic mass is 9.75. The Bertz CT molecular complexity index is 1340. The third-order valence-corrected chi connectivity index (χ3v) is 7.67. The van der Waals surface area contributed by atoms with Crippen molar-refractivity contribution in [3.63, 3.8) is 0 Å². The molecule has 2 unspecified atom stereocenters. The van der Waals surface area contributed by atoms with E-state index in [-0.39, 0.29) is 17.5 Å². The van der Waals surface area contributed by atoms with Gasteiger partial charge in [0.15, 0.2) is 0 Å². The van der Waals surface area contributed by atoms with Crippen LogP contribution < -0.4 is 4.74 Å². The minimum atomic E-state index is -0.962. The largest absolute Gasteiger partial charge is 0.478 e. The number of nitrogens with zero attached hydrogens (tertiary/aromatic N) is 2. The summed E-state index contributed by atoms with van der Waals surface area (Å²) in [6, 6.07) is 23.8. The van der Waals surface area contributed by atoms with Gasteiger partial charge in [0.1, 0.15) is 22.9 Å². The fourth-order valence-corrected chi connectivity index (χ4v) is 6.32. The fraction of sp³-hybridized carbons (Fsp3) is 0.344. The van der Waals surface area contributed by atoms with E-state index in [9.17, 15) is 14.7 Å². The Balaban J connectivity index is 1.54. The highest BCUT2D eigenvalue weighted by Crippen LogP contribution is 2.48. The molecule has 1 amide bonds. The van der Waals surface area contributed by atoms with Crippen LogP contribution in [0.3, 0.4) is 0 Å². The topological polar surface area (TPSA) is 79.2 Å². The molecule has 3 aromatic carbocycles. The summed E-state index contributed by atoms with van der Waals surface area (Å²) in [6.07, 6.45) is 3.41. The zero-order valence-electron chi connectivity index (χ0n) is 22.1. The molecule has 3 aromatic rings. The van der Waals surface area contributed by atoms with Crippen LogP contribution >= 0.6 is 0 Å². The van der Waals surface area contributed by atoms with Crippen molar-refractivity contribution in [1.82, 2.24) is 4.90 Å². The third kappa shape index (κ3) is 4.95. The van der Waals surface area contributed by atoms with Crippen LogP contribution in [0.15, 0.2) is 83.9 Å². The van der Waals surface area contributed by atoms with Crippen molar-refractivity contribution in [2.45, 2.75) is 58.2 Å². The summed E-state index contributed by atoms with van der Waals surface area (Å²) in [5.74, 6) is 1.19. The molecule has 1 saturated carbocycles. The van der Waals surface area contributed by atoms with Gasteiger partial charge in [-0.2, -0.15) is 0 Å². The van der Waals surface area contributed by atoms with Crippen LogP contribution in [0.5, 0.6) is 11.5 Å². The van der Waals surface area contributed by atoms with Crippen molar-refractivity contribution in [3.8, 4) is 11.5 Å². The second-order valence-corrected chi connectivity index (χ2v) is 10.8. The number of hydrogen-bond acceptors (Lipinski definition) is 4. The molecule has 0 bridgehead atoms. The van der Waals surface area contributed by atoms with E-state index in [1.807, 2.05) is 71.6 Å². The summed E-state index contributed by atoms with van der Waals surface area (Å²) in [6.45, 7) is 6.55. The van der Waals surface area contributed by atoms with Gasteiger partial charge in [-0.05, 0) is 79.5 Å². The summed E-state index contributed by atoms with van der Waals surface area (Å²) >= 11 is 0. The average Bonchev–Trinajstić information content (AvgIpc) is 3.16. The van der Waals surface area contributed by atoms with Gasteiger partial charge in [0, 0.05) is 5.56 Å². The molecule has 5 rings (SSSR count). The van der Waals surface area contributed by atoms with Crippen LogP contribution in [-0.4, -0.2) is 33.3 Å². The Morgan fingerprint density at radius 3 is 2.29 bits per heavy atom. The Morgan fingerprint density at radius 2 is 1.66 bits per heavy atom. The number of para-hydroxylation sites is 1. The Morgan fingerprint density at radius 1 is 1.00 bits per heavy atom. The van der Waals surface area contributed by atoms with E-state index in [0.29, 0.717) is 29.7 Å². The molecule has 0 saturated heterocycles. The number of rotatable bonds is 7. The molecule has 1 spiro atoms. The molecule has 1 heterocycles. The number of carbonyl (C=O) groups is 2. The van der Waals surface area contributed by atoms with E-state index < -0.39 is 11.6 Å². The number of carboxylic acid groups (broad SMARTS) is 1. The van der Waals surface area contributed by atoms with Crippen LogP contribution in [0.2, 0.25) is 0 Å². The van der Waals surface area contributed by atoms with E-state index in [2.05, 4.69) is 20.8 Å². The molecule has 2 aliphatic rings. The van der Waals surface area contributed by atoms with E-state index in [1.54, 1.807) is 12.1 Å². The van der Waals surface area contributed by atoms with Crippen LogP contribution in [0.4, 0.5) is 0 Å². The molecular formula is C32H34N2O4. The third-order valence-electron chi connectivity index (χ3n) is 7.67. The van der Waals surface area contributed by atoms with Crippen molar-refractivity contribution < 1.29 is 19.4 Å². The van der Waals surface area contributed by atoms with Gasteiger partial charge in [0.2, 0.25) is 0 Å². The lowest BCUT2D eigenvalue weighted by Crippen LogP contribution is -2.52. The van der Waals surface area contributed by atoms with Gasteiger partial charge in [-0.1, -0.05) is 63.2 Å². The fourth-order valence-electron chi connectivity index (χ4n) is 6.32. The maximum atomic E-state index is 14.3. The Hall–Kier alpha value is -3.93. The number of carbonyl (C=O) groups excluding carboxylic acids is 1. The summed E-state index contributed by atoms with van der Waals surface area (Å²) in [7, 11) is 0. The van der Waals surface area contributed by atoms with Crippen LogP contribution in [-0.2, 0) is 4.79 Å². The van der Waals surface area contributed by atoms with E-state index in [0.717, 1.165) is 36.1 Å². The normalized spacial score (nSPS) is 23.8. The summed E-state index contributed by atoms with van der Waals surface area (Å²) in [5, 5.41) is 9.37. The second kappa shape index (κ2) is 10.4.